The number of ether oxygens (including phenoxy) is 1. The van der Waals surface area contributed by atoms with Crippen LogP contribution in [-0.4, -0.2) is 42.4 Å². The smallest absolute Gasteiger partial charge is 0.420 e. The summed E-state index contributed by atoms with van der Waals surface area (Å²) in [5.74, 6) is -3.69. The lowest BCUT2D eigenvalue weighted by molar-refractivity contribution is -0.243. The third-order valence-electron chi connectivity index (χ3n) is 4.71. The molecule has 0 aliphatic rings. The first-order valence-electron chi connectivity index (χ1n) is 9.27. The summed E-state index contributed by atoms with van der Waals surface area (Å²) >= 11 is 0. The third kappa shape index (κ3) is 6.12. The van der Waals surface area contributed by atoms with Gasteiger partial charge in [0, 0.05) is 25.4 Å². The van der Waals surface area contributed by atoms with Crippen LogP contribution in [0.3, 0.4) is 0 Å². The minimum Gasteiger partial charge on any atom is -0.490 e. The van der Waals surface area contributed by atoms with Crippen LogP contribution < -0.4 is 15.2 Å². The molecular formula is C19H18F7N3O5S. The van der Waals surface area contributed by atoms with Crippen LogP contribution in [0.5, 0.6) is 5.75 Å². The molecule has 0 saturated heterocycles. The lowest BCUT2D eigenvalue weighted by Crippen LogP contribution is -2.44. The predicted octanol–water partition coefficient (Wildman–Crippen LogP) is 3.33. The molecule has 0 fully saturated rings. The van der Waals surface area contributed by atoms with Gasteiger partial charge in [-0.05, 0) is 18.2 Å². The van der Waals surface area contributed by atoms with Crippen molar-refractivity contribution in [2.45, 2.75) is 29.3 Å². The van der Waals surface area contributed by atoms with Gasteiger partial charge >= 0.3 is 12.4 Å². The number of halogens is 7. The molecule has 1 amide bonds. The average molecular weight is 533 g/mol. The van der Waals surface area contributed by atoms with Crippen molar-refractivity contribution in [1.29, 1.82) is 0 Å². The van der Waals surface area contributed by atoms with Crippen molar-refractivity contribution in [1.82, 2.24) is 4.57 Å². The number of aromatic nitrogens is 1. The number of nitrogens with one attached hydrogen (secondary N) is 1. The monoisotopic (exact) mass is 533 g/mol. The zero-order valence-corrected chi connectivity index (χ0v) is 18.5. The second kappa shape index (κ2) is 9.50. The molecule has 8 nitrogen and oxygen atoms in total. The summed E-state index contributed by atoms with van der Waals surface area (Å²) in [4.78, 5) is 11.9. The molecule has 1 unspecified atom stereocenters. The van der Waals surface area contributed by atoms with E-state index in [0.717, 1.165) is 23.9 Å². The van der Waals surface area contributed by atoms with Crippen LogP contribution in [0.1, 0.15) is 22.5 Å². The van der Waals surface area contributed by atoms with Crippen molar-refractivity contribution in [3.63, 3.8) is 0 Å². The summed E-state index contributed by atoms with van der Waals surface area (Å²) in [7, 11) is -3.48. The first-order valence-corrected chi connectivity index (χ1v) is 10.8. The number of hydrogen-bond donors (Lipinski definition) is 3. The van der Waals surface area contributed by atoms with Crippen LogP contribution >= 0.6 is 0 Å². The van der Waals surface area contributed by atoms with E-state index >= 15 is 0 Å². The maximum Gasteiger partial charge on any atom is 0.420 e. The fourth-order valence-corrected chi connectivity index (χ4v) is 3.58. The highest BCUT2D eigenvalue weighted by Crippen LogP contribution is 2.36. The van der Waals surface area contributed by atoms with E-state index in [4.69, 9.17) is 9.88 Å². The largest absolute Gasteiger partial charge is 0.490 e. The first kappa shape index (κ1) is 28.1. The average Bonchev–Trinajstić information content (AvgIpc) is 3.04. The van der Waals surface area contributed by atoms with E-state index in [2.05, 4.69) is 6.58 Å². The molecule has 0 bridgehead atoms. The number of hydrogen-bond acceptors (Lipinski definition) is 5. The van der Waals surface area contributed by atoms with Crippen molar-refractivity contribution in [3.05, 3.63) is 54.1 Å². The molecule has 16 heteroatoms. The van der Waals surface area contributed by atoms with Gasteiger partial charge in [0.15, 0.2) is 17.0 Å². The van der Waals surface area contributed by atoms with E-state index in [1.165, 1.54) is 0 Å². The van der Waals surface area contributed by atoms with Gasteiger partial charge in [0.25, 0.3) is 5.91 Å². The molecule has 2 aromatic rings. The number of nitrogens with two attached hydrogens (primary N) is 1. The molecule has 194 valence electrons. The Kier molecular flexibility index (Phi) is 7.64. The van der Waals surface area contributed by atoms with Gasteiger partial charge in [0.05, 0.1) is 12.2 Å². The van der Waals surface area contributed by atoms with Crippen LogP contribution in [0.4, 0.5) is 36.4 Å². The second-order valence-corrected chi connectivity index (χ2v) is 8.73. The van der Waals surface area contributed by atoms with E-state index in [1.54, 1.807) is 0 Å². The number of anilines is 1. The summed E-state index contributed by atoms with van der Waals surface area (Å²) in [6.45, 7) is 1.91. The molecule has 0 aliphatic heterocycles. The van der Waals surface area contributed by atoms with Gasteiger partial charge in [-0.1, -0.05) is 12.7 Å². The Bertz CT molecular complexity index is 1240. The number of nitrogens with zero attached hydrogens (tertiary/aromatic N) is 1. The summed E-state index contributed by atoms with van der Waals surface area (Å²) in [5.41, 5.74) is -6.29. The van der Waals surface area contributed by atoms with Gasteiger partial charge in [-0.2, -0.15) is 26.3 Å². The van der Waals surface area contributed by atoms with Gasteiger partial charge in [-0.3, -0.25) is 4.79 Å². The van der Waals surface area contributed by atoms with E-state index in [-0.39, 0.29) is 12.1 Å². The Morgan fingerprint density at radius 1 is 1.26 bits per heavy atom. The topological polar surface area (TPSA) is 124 Å². The quantitative estimate of drug-likeness (QED) is 0.355. The van der Waals surface area contributed by atoms with Crippen LogP contribution in [0, 0.1) is 5.82 Å². The molecule has 2 rings (SSSR count). The predicted molar refractivity (Wildman–Crippen MR) is 107 cm³/mol. The molecule has 0 saturated carbocycles. The summed E-state index contributed by atoms with van der Waals surface area (Å²) in [6, 6.07) is 1.51. The normalized spacial score (nSPS) is 14.3. The Hall–Kier alpha value is -3.11. The van der Waals surface area contributed by atoms with E-state index in [0.29, 0.717) is 6.07 Å². The van der Waals surface area contributed by atoms with Crippen LogP contribution in [-0.2, 0) is 23.2 Å². The molecule has 1 aromatic carbocycles. The minimum absolute atomic E-state index is 0.197. The van der Waals surface area contributed by atoms with Crippen molar-refractivity contribution >= 4 is 21.6 Å². The zero-order chi connectivity index (χ0) is 27.0. The first-order chi connectivity index (χ1) is 15.8. The SMILES string of the molecule is C=CC(O)(CCOc1c(S(N)(=O)=O)cn(C)c1C(=O)Nc1ccc(F)c(C(F)(F)F)c1)C(F)(F)F. The number of alkyl halides is 6. The molecule has 0 spiro atoms. The Morgan fingerprint density at radius 3 is 2.34 bits per heavy atom. The fourth-order valence-electron chi connectivity index (χ4n) is 2.86. The molecule has 1 atom stereocenters. The van der Waals surface area contributed by atoms with Crippen molar-refractivity contribution < 1.29 is 53.8 Å². The third-order valence-corrected chi connectivity index (χ3v) is 5.62. The highest BCUT2D eigenvalue weighted by molar-refractivity contribution is 7.89. The van der Waals surface area contributed by atoms with Gasteiger partial charge in [0.2, 0.25) is 10.0 Å². The molecule has 1 heterocycles. The molecule has 4 N–H and O–H groups in total. The van der Waals surface area contributed by atoms with Gasteiger partial charge in [-0.25, -0.2) is 17.9 Å². The van der Waals surface area contributed by atoms with Crippen LogP contribution in [0.15, 0.2) is 41.9 Å². The Balaban J connectivity index is 2.44. The van der Waals surface area contributed by atoms with Gasteiger partial charge in [-0.15, -0.1) is 0 Å². The Labute approximate surface area is 193 Å². The standard InChI is InChI=1S/C19H18F7N3O5S/c1-3-17(31,19(24,25)26)6-7-34-15-13(35(27,32)33)9-29(2)14(15)16(30)28-10-4-5-12(20)11(8-10)18(21,22)23/h3-5,8-9,31H,1,6-7H2,2H3,(H,28,30)(H2,27,32,33). The van der Waals surface area contributed by atoms with Gasteiger partial charge < -0.3 is 19.7 Å². The summed E-state index contributed by atoms with van der Waals surface area (Å²) < 4.78 is 121. The van der Waals surface area contributed by atoms with Crippen LogP contribution in [0.25, 0.3) is 0 Å². The molecule has 0 radical (unpaired) electrons. The molecule has 1 aromatic heterocycles. The van der Waals surface area contributed by atoms with Crippen molar-refractivity contribution in [3.8, 4) is 5.75 Å². The maximum atomic E-state index is 13.5. The number of aliphatic hydroxyl groups is 1. The molecule has 0 aliphatic carbocycles. The van der Waals surface area contributed by atoms with E-state index in [1.807, 2.05) is 5.32 Å². The lowest BCUT2D eigenvalue weighted by Gasteiger charge is -2.27. The summed E-state index contributed by atoms with van der Waals surface area (Å²) in [6.07, 6.45) is -10.4. The number of amides is 1. The fraction of sp³-hybridized carbons (Fsp3) is 0.316. The number of sulfonamides is 1. The number of primary sulfonamides is 1. The molecular weight excluding hydrogens is 515 g/mol. The number of rotatable bonds is 8. The van der Waals surface area contributed by atoms with Crippen LogP contribution in [0.2, 0.25) is 0 Å². The van der Waals surface area contributed by atoms with E-state index in [9.17, 15) is 49.1 Å². The lowest BCUT2D eigenvalue weighted by atomic mass is 10.00. The van der Waals surface area contributed by atoms with Crippen molar-refractivity contribution in [2.24, 2.45) is 12.2 Å². The number of aryl methyl sites for hydroxylation is 1. The minimum atomic E-state index is -5.16. The summed E-state index contributed by atoms with van der Waals surface area (Å²) in [5, 5.41) is 16.7. The highest BCUT2D eigenvalue weighted by atomic mass is 32.2. The van der Waals surface area contributed by atoms with Crippen molar-refractivity contribution in [2.75, 3.05) is 11.9 Å². The number of carbonyl (C=O) groups is 1. The maximum absolute atomic E-state index is 13.5. The van der Waals surface area contributed by atoms with Gasteiger partial charge in [0.1, 0.15) is 10.7 Å². The number of carbonyl (C=O) groups excluding carboxylic acids is 1. The zero-order valence-electron chi connectivity index (χ0n) is 17.7. The Morgan fingerprint density at radius 2 is 1.86 bits per heavy atom. The molecule has 35 heavy (non-hydrogen) atoms. The number of benzene rings is 1. The van der Waals surface area contributed by atoms with E-state index < -0.39 is 80.3 Å². The second-order valence-electron chi connectivity index (χ2n) is 7.20. The highest BCUT2D eigenvalue weighted by Gasteiger charge is 2.51.